The number of hydrazone groups is 1. The molecule has 0 amide bonds. The Balaban J connectivity index is 2.15. The molecule has 14 heavy (non-hydrogen) atoms. The molecule has 0 aromatic carbocycles. The Morgan fingerprint density at radius 2 is 2.07 bits per heavy atom. The molecule has 1 aliphatic heterocycles. The summed E-state index contributed by atoms with van der Waals surface area (Å²) < 4.78 is 6.01. The highest BCUT2D eigenvalue weighted by molar-refractivity contribution is 5.93. The SMILES string of the molecule is CC1COC2(CCCCC2)C(=NN)C1. The van der Waals surface area contributed by atoms with Crippen molar-refractivity contribution in [1.29, 1.82) is 0 Å². The van der Waals surface area contributed by atoms with Crippen LogP contribution >= 0.6 is 0 Å². The van der Waals surface area contributed by atoms with Crippen molar-refractivity contribution in [1.82, 2.24) is 0 Å². The highest BCUT2D eigenvalue weighted by Crippen LogP contribution is 2.37. The molecule has 0 aromatic rings. The fraction of sp³-hybridized carbons (Fsp3) is 0.909. The second-order valence-electron chi connectivity index (χ2n) is 4.75. The highest BCUT2D eigenvalue weighted by atomic mass is 16.5. The summed E-state index contributed by atoms with van der Waals surface area (Å²) in [6.45, 7) is 3.07. The van der Waals surface area contributed by atoms with E-state index in [1.165, 1.54) is 19.3 Å². The minimum absolute atomic E-state index is 0.0699. The van der Waals surface area contributed by atoms with Gasteiger partial charge in [-0.05, 0) is 25.2 Å². The Hall–Kier alpha value is -0.570. The molecule has 2 fully saturated rings. The summed E-state index contributed by atoms with van der Waals surface area (Å²) in [5.74, 6) is 6.05. The molecule has 2 aliphatic rings. The molecule has 3 nitrogen and oxygen atoms in total. The summed E-state index contributed by atoms with van der Waals surface area (Å²) in [7, 11) is 0. The largest absolute Gasteiger partial charge is 0.369 e. The minimum Gasteiger partial charge on any atom is -0.369 e. The van der Waals surface area contributed by atoms with Gasteiger partial charge in [0.2, 0.25) is 0 Å². The van der Waals surface area contributed by atoms with Gasteiger partial charge in [-0.2, -0.15) is 5.10 Å². The maximum atomic E-state index is 6.01. The molecule has 0 radical (unpaired) electrons. The first-order valence-electron chi connectivity index (χ1n) is 5.68. The normalized spacial score (nSPS) is 34.9. The van der Waals surface area contributed by atoms with Gasteiger partial charge in [0.05, 0.1) is 12.3 Å². The van der Waals surface area contributed by atoms with Crippen molar-refractivity contribution in [3.05, 3.63) is 0 Å². The van der Waals surface area contributed by atoms with Crippen molar-refractivity contribution in [2.24, 2.45) is 16.9 Å². The lowest BCUT2D eigenvalue weighted by atomic mass is 9.77. The van der Waals surface area contributed by atoms with E-state index in [0.29, 0.717) is 5.92 Å². The summed E-state index contributed by atoms with van der Waals surface area (Å²) in [4.78, 5) is 0. The first-order chi connectivity index (χ1) is 6.77. The maximum Gasteiger partial charge on any atom is 0.108 e. The smallest absolute Gasteiger partial charge is 0.108 e. The summed E-state index contributed by atoms with van der Waals surface area (Å²) >= 11 is 0. The van der Waals surface area contributed by atoms with Crippen LogP contribution in [0.1, 0.15) is 45.4 Å². The van der Waals surface area contributed by atoms with E-state index >= 15 is 0 Å². The lowest BCUT2D eigenvalue weighted by molar-refractivity contribution is -0.0484. The van der Waals surface area contributed by atoms with E-state index < -0.39 is 0 Å². The highest BCUT2D eigenvalue weighted by Gasteiger charge is 2.41. The monoisotopic (exact) mass is 196 g/mol. The van der Waals surface area contributed by atoms with Gasteiger partial charge in [-0.25, -0.2) is 0 Å². The Kier molecular flexibility index (Phi) is 2.77. The number of ether oxygens (including phenoxy) is 1. The summed E-state index contributed by atoms with van der Waals surface area (Å²) in [5, 5.41) is 3.97. The van der Waals surface area contributed by atoms with Crippen molar-refractivity contribution in [2.75, 3.05) is 6.61 Å². The standard InChI is InChI=1S/C11H20N2O/c1-9-7-10(13-12)11(14-8-9)5-3-2-4-6-11/h9H,2-8,12H2,1H3. The molecule has 1 atom stereocenters. The fourth-order valence-electron chi connectivity index (χ4n) is 2.69. The molecule has 0 aromatic heterocycles. The second kappa shape index (κ2) is 3.89. The zero-order valence-electron chi connectivity index (χ0n) is 8.96. The molecule has 1 spiro atoms. The lowest BCUT2D eigenvalue weighted by Crippen LogP contribution is -2.49. The quantitative estimate of drug-likeness (QED) is 0.476. The average molecular weight is 196 g/mol. The van der Waals surface area contributed by atoms with Gasteiger partial charge < -0.3 is 10.6 Å². The van der Waals surface area contributed by atoms with Gasteiger partial charge >= 0.3 is 0 Å². The van der Waals surface area contributed by atoms with Gasteiger partial charge in [-0.3, -0.25) is 0 Å². The van der Waals surface area contributed by atoms with E-state index in [2.05, 4.69) is 12.0 Å². The third-order valence-electron chi connectivity index (χ3n) is 3.53. The molecule has 80 valence electrons. The Bertz CT molecular complexity index is 231. The average Bonchev–Trinajstić information content (AvgIpc) is 2.23. The van der Waals surface area contributed by atoms with Crippen molar-refractivity contribution < 1.29 is 4.74 Å². The van der Waals surface area contributed by atoms with Crippen LogP contribution in [0.2, 0.25) is 0 Å². The van der Waals surface area contributed by atoms with Crippen molar-refractivity contribution in [2.45, 2.75) is 51.0 Å². The molecular weight excluding hydrogens is 176 g/mol. The first kappa shape index (κ1) is 9.97. The Morgan fingerprint density at radius 3 is 2.71 bits per heavy atom. The van der Waals surface area contributed by atoms with E-state index in [9.17, 15) is 0 Å². The number of hydrogen-bond acceptors (Lipinski definition) is 3. The van der Waals surface area contributed by atoms with Crippen molar-refractivity contribution in [3.63, 3.8) is 0 Å². The van der Waals surface area contributed by atoms with E-state index in [1.54, 1.807) is 0 Å². The van der Waals surface area contributed by atoms with Gasteiger partial charge in [-0.1, -0.05) is 26.2 Å². The van der Waals surface area contributed by atoms with Gasteiger partial charge in [0.25, 0.3) is 0 Å². The molecule has 1 saturated heterocycles. The Morgan fingerprint density at radius 1 is 1.36 bits per heavy atom. The number of hydrogen-bond donors (Lipinski definition) is 1. The van der Waals surface area contributed by atoms with Gasteiger partial charge in [-0.15, -0.1) is 0 Å². The lowest BCUT2D eigenvalue weighted by Gasteiger charge is -2.42. The van der Waals surface area contributed by atoms with Crippen molar-refractivity contribution >= 4 is 5.71 Å². The van der Waals surface area contributed by atoms with E-state index in [-0.39, 0.29) is 5.60 Å². The van der Waals surface area contributed by atoms with Crippen LogP contribution in [0.3, 0.4) is 0 Å². The summed E-state index contributed by atoms with van der Waals surface area (Å²) in [6, 6.07) is 0. The van der Waals surface area contributed by atoms with Crippen LogP contribution in [0.5, 0.6) is 0 Å². The Labute approximate surface area is 85.7 Å². The van der Waals surface area contributed by atoms with E-state index in [1.807, 2.05) is 0 Å². The number of rotatable bonds is 0. The molecule has 0 bridgehead atoms. The van der Waals surface area contributed by atoms with Crippen LogP contribution in [0, 0.1) is 5.92 Å². The topological polar surface area (TPSA) is 47.6 Å². The number of nitrogens with two attached hydrogens (primary N) is 1. The molecule has 1 heterocycles. The van der Waals surface area contributed by atoms with Gasteiger partial charge in [0, 0.05) is 0 Å². The fourth-order valence-corrected chi connectivity index (χ4v) is 2.69. The van der Waals surface area contributed by atoms with E-state index in [0.717, 1.165) is 31.6 Å². The molecular formula is C11H20N2O. The first-order valence-corrected chi connectivity index (χ1v) is 5.68. The predicted octanol–water partition coefficient (Wildman–Crippen LogP) is 2.06. The van der Waals surface area contributed by atoms with Crippen LogP contribution in [0.25, 0.3) is 0 Å². The van der Waals surface area contributed by atoms with Crippen LogP contribution in [0.4, 0.5) is 0 Å². The third kappa shape index (κ3) is 1.65. The maximum absolute atomic E-state index is 6.01. The number of nitrogens with zero attached hydrogens (tertiary/aromatic N) is 1. The van der Waals surface area contributed by atoms with Crippen LogP contribution in [-0.4, -0.2) is 17.9 Å². The summed E-state index contributed by atoms with van der Waals surface area (Å²) in [6.07, 6.45) is 7.11. The third-order valence-corrected chi connectivity index (χ3v) is 3.53. The zero-order chi connectivity index (χ0) is 10.0. The van der Waals surface area contributed by atoms with Gasteiger partial charge in [0.15, 0.2) is 0 Å². The minimum atomic E-state index is -0.0699. The van der Waals surface area contributed by atoms with Gasteiger partial charge in [0.1, 0.15) is 5.60 Å². The second-order valence-corrected chi connectivity index (χ2v) is 4.75. The molecule has 1 aliphatic carbocycles. The van der Waals surface area contributed by atoms with Crippen LogP contribution in [-0.2, 0) is 4.74 Å². The predicted molar refractivity (Wildman–Crippen MR) is 57.2 cm³/mol. The van der Waals surface area contributed by atoms with Crippen LogP contribution in [0.15, 0.2) is 5.10 Å². The molecule has 3 heteroatoms. The molecule has 2 rings (SSSR count). The van der Waals surface area contributed by atoms with Crippen molar-refractivity contribution in [3.8, 4) is 0 Å². The molecule has 1 unspecified atom stereocenters. The zero-order valence-corrected chi connectivity index (χ0v) is 8.96. The molecule has 1 saturated carbocycles. The van der Waals surface area contributed by atoms with E-state index in [4.69, 9.17) is 10.6 Å². The molecule has 2 N–H and O–H groups in total. The summed E-state index contributed by atoms with van der Waals surface area (Å²) in [5.41, 5.74) is 1.04. The van der Waals surface area contributed by atoms with Crippen LogP contribution < -0.4 is 5.84 Å².